The fourth-order valence-corrected chi connectivity index (χ4v) is 4.12. The van der Waals surface area contributed by atoms with Gasteiger partial charge in [0.1, 0.15) is 0 Å². The lowest BCUT2D eigenvalue weighted by Gasteiger charge is -2.30. The third-order valence-corrected chi connectivity index (χ3v) is 6.09. The molecule has 0 unspecified atom stereocenters. The molecule has 1 aliphatic rings. The minimum absolute atomic E-state index is 0. The van der Waals surface area contributed by atoms with Crippen molar-refractivity contribution in [2.75, 3.05) is 41.5 Å². The van der Waals surface area contributed by atoms with Gasteiger partial charge in [0.25, 0.3) is 0 Å². The highest BCUT2D eigenvalue weighted by atomic mass is 127. The maximum atomic E-state index is 5.40. The van der Waals surface area contributed by atoms with Crippen LogP contribution in [0, 0.1) is 5.41 Å². The number of hydrogen-bond acceptors (Lipinski definition) is 4. The van der Waals surface area contributed by atoms with E-state index in [1.807, 2.05) is 12.1 Å². The molecule has 0 aliphatic heterocycles. The van der Waals surface area contributed by atoms with E-state index in [1.165, 1.54) is 25.7 Å². The lowest BCUT2D eigenvalue weighted by Crippen LogP contribution is -2.43. The van der Waals surface area contributed by atoms with Crippen LogP contribution in [0.15, 0.2) is 21.6 Å². The fourth-order valence-electron chi connectivity index (χ4n) is 3.66. The van der Waals surface area contributed by atoms with Crippen molar-refractivity contribution in [3.8, 4) is 11.5 Å². The van der Waals surface area contributed by atoms with E-state index in [2.05, 4.69) is 31.6 Å². The Bertz CT molecular complexity index is 637. The van der Waals surface area contributed by atoms with Gasteiger partial charge >= 0.3 is 0 Å². The van der Waals surface area contributed by atoms with E-state index >= 15 is 0 Å². The van der Waals surface area contributed by atoms with E-state index in [4.69, 9.17) is 14.2 Å². The number of nitrogens with zero attached hydrogens (tertiary/aromatic N) is 1. The van der Waals surface area contributed by atoms with Gasteiger partial charge in [-0.05, 0) is 42.4 Å². The van der Waals surface area contributed by atoms with Crippen LogP contribution in [0.4, 0.5) is 0 Å². The summed E-state index contributed by atoms with van der Waals surface area (Å²) in [5.74, 6) is 2.22. The van der Waals surface area contributed by atoms with Gasteiger partial charge in [0, 0.05) is 38.3 Å². The van der Waals surface area contributed by atoms with Crippen LogP contribution in [0.2, 0.25) is 0 Å². The molecule has 1 fully saturated rings. The van der Waals surface area contributed by atoms with Crippen molar-refractivity contribution in [2.24, 2.45) is 10.4 Å². The van der Waals surface area contributed by atoms with Crippen molar-refractivity contribution in [3.63, 3.8) is 0 Å². The smallest absolute Gasteiger partial charge is 0.191 e. The zero-order valence-electron chi connectivity index (χ0n) is 17.3. The van der Waals surface area contributed by atoms with Gasteiger partial charge in [-0.15, -0.1) is 24.0 Å². The second kappa shape index (κ2) is 12.7. The molecule has 0 spiro atoms. The predicted molar refractivity (Wildman–Crippen MR) is 128 cm³/mol. The molecule has 0 amide bonds. The number of ether oxygens (including phenoxy) is 3. The van der Waals surface area contributed by atoms with Gasteiger partial charge in [-0.3, -0.25) is 4.99 Å². The molecule has 6 nitrogen and oxygen atoms in total. The van der Waals surface area contributed by atoms with Crippen molar-refractivity contribution in [1.29, 1.82) is 0 Å². The molecule has 0 heterocycles. The van der Waals surface area contributed by atoms with Crippen LogP contribution in [-0.2, 0) is 11.3 Å². The number of benzene rings is 1. The summed E-state index contributed by atoms with van der Waals surface area (Å²) in [6.07, 6.45) is 6.20. The average molecular weight is 570 g/mol. The Kier molecular flexibility index (Phi) is 11.5. The van der Waals surface area contributed by atoms with E-state index in [-0.39, 0.29) is 24.0 Å². The lowest BCUT2D eigenvalue weighted by atomic mass is 9.83. The number of methoxy groups -OCH3 is 3. The molecule has 1 saturated carbocycles. The van der Waals surface area contributed by atoms with Crippen LogP contribution in [0.25, 0.3) is 0 Å². The number of aliphatic imine (C=N–C) groups is 1. The second-order valence-electron chi connectivity index (χ2n) is 7.03. The SMILES string of the molecule is CN=C(NCc1cc(OC)c(OC)cc1Br)NCC1(CCOC)CCCC1.I. The quantitative estimate of drug-likeness (QED) is 0.263. The monoisotopic (exact) mass is 569 g/mol. The third-order valence-electron chi connectivity index (χ3n) is 5.35. The first-order valence-electron chi connectivity index (χ1n) is 9.41. The fraction of sp³-hybridized carbons (Fsp3) is 0.650. The number of halogens is 2. The van der Waals surface area contributed by atoms with Crippen LogP contribution in [-0.4, -0.2) is 47.5 Å². The summed E-state index contributed by atoms with van der Waals surface area (Å²) in [6.45, 7) is 2.36. The van der Waals surface area contributed by atoms with Crippen LogP contribution < -0.4 is 20.1 Å². The third kappa shape index (κ3) is 6.95. The number of hydrogen-bond donors (Lipinski definition) is 2. The molecule has 160 valence electrons. The highest BCUT2D eigenvalue weighted by Crippen LogP contribution is 2.40. The van der Waals surface area contributed by atoms with Gasteiger partial charge in [-0.2, -0.15) is 0 Å². The maximum absolute atomic E-state index is 5.40. The van der Waals surface area contributed by atoms with Crippen molar-refractivity contribution < 1.29 is 14.2 Å². The predicted octanol–water partition coefficient (Wildman–Crippen LogP) is 4.35. The summed E-state index contributed by atoms with van der Waals surface area (Å²) < 4.78 is 17.0. The molecule has 0 saturated heterocycles. The first kappa shape index (κ1) is 25.3. The Hall–Kier alpha value is -0.740. The van der Waals surface area contributed by atoms with E-state index in [0.717, 1.165) is 35.6 Å². The Balaban J connectivity index is 0.00000392. The van der Waals surface area contributed by atoms with Crippen molar-refractivity contribution in [1.82, 2.24) is 10.6 Å². The summed E-state index contributed by atoms with van der Waals surface area (Å²) in [4.78, 5) is 4.37. The van der Waals surface area contributed by atoms with Gasteiger partial charge in [0.15, 0.2) is 17.5 Å². The molecule has 0 aromatic heterocycles. The normalized spacial score (nSPS) is 15.7. The molecule has 0 radical (unpaired) electrons. The number of nitrogens with one attached hydrogen (secondary N) is 2. The van der Waals surface area contributed by atoms with E-state index in [1.54, 1.807) is 28.4 Å². The summed E-state index contributed by atoms with van der Waals surface area (Å²) in [7, 11) is 6.86. The minimum atomic E-state index is 0. The molecule has 1 aliphatic carbocycles. The lowest BCUT2D eigenvalue weighted by molar-refractivity contribution is 0.138. The Labute approximate surface area is 194 Å². The Morgan fingerprint density at radius 2 is 1.75 bits per heavy atom. The topological polar surface area (TPSA) is 64.1 Å². The molecule has 8 heteroatoms. The Morgan fingerprint density at radius 3 is 2.32 bits per heavy atom. The van der Waals surface area contributed by atoms with Gasteiger partial charge in [0.2, 0.25) is 0 Å². The van der Waals surface area contributed by atoms with Crippen molar-refractivity contribution in [3.05, 3.63) is 22.2 Å². The molecular weight excluding hydrogens is 537 g/mol. The van der Waals surface area contributed by atoms with E-state index < -0.39 is 0 Å². The van der Waals surface area contributed by atoms with Gasteiger partial charge in [0.05, 0.1) is 14.2 Å². The van der Waals surface area contributed by atoms with Gasteiger partial charge in [-0.1, -0.05) is 28.8 Å². The molecule has 1 aromatic rings. The highest BCUT2D eigenvalue weighted by Gasteiger charge is 2.33. The molecule has 2 N–H and O–H groups in total. The zero-order chi connectivity index (χ0) is 19.7. The second-order valence-corrected chi connectivity index (χ2v) is 7.88. The minimum Gasteiger partial charge on any atom is -0.493 e. The molecule has 28 heavy (non-hydrogen) atoms. The Morgan fingerprint density at radius 1 is 1.11 bits per heavy atom. The zero-order valence-corrected chi connectivity index (χ0v) is 21.2. The van der Waals surface area contributed by atoms with Gasteiger partial charge < -0.3 is 24.8 Å². The summed E-state index contributed by atoms with van der Waals surface area (Å²) in [5.41, 5.74) is 1.39. The molecule has 2 rings (SSSR count). The van der Waals surface area contributed by atoms with Gasteiger partial charge in [-0.25, -0.2) is 0 Å². The highest BCUT2D eigenvalue weighted by molar-refractivity contribution is 14.0. The number of rotatable bonds is 9. The molecule has 1 aromatic carbocycles. The van der Waals surface area contributed by atoms with E-state index in [9.17, 15) is 0 Å². The molecule has 0 bridgehead atoms. The summed E-state index contributed by atoms with van der Waals surface area (Å²) >= 11 is 3.60. The summed E-state index contributed by atoms with van der Waals surface area (Å²) in [5, 5.41) is 6.91. The maximum Gasteiger partial charge on any atom is 0.191 e. The van der Waals surface area contributed by atoms with Crippen LogP contribution >= 0.6 is 39.9 Å². The van der Waals surface area contributed by atoms with Crippen molar-refractivity contribution >= 4 is 45.9 Å². The van der Waals surface area contributed by atoms with Crippen molar-refractivity contribution in [2.45, 2.75) is 38.6 Å². The van der Waals surface area contributed by atoms with E-state index in [0.29, 0.717) is 23.5 Å². The molecule has 0 atom stereocenters. The summed E-state index contributed by atoms with van der Waals surface area (Å²) in [6, 6.07) is 3.89. The largest absolute Gasteiger partial charge is 0.493 e. The van der Waals surface area contributed by atoms with Crippen LogP contribution in [0.1, 0.15) is 37.7 Å². The first-order valence-corrected chi connectivity index (χ1v) is 10.2. The van der Waals surface area contributed by atoms with Crippen LogP contribution in [0.3, 0.4) is 0 Å². The average Bonchev–Trinajstić information content (AvgIpc) is 3.16. The standard InChI is InChI=1S/C20H32BrN3O3.HI/c1-22-19(24-14-20(9-10-25-2)7-5-6-8-20)23-13-15-11-17(26-3)18(27-4)12-16(15)21;/h11-12H,5-10,13-14H2,1-4H3,(H2,22,23,24);1H. The van der Waals surface area contributed by atoms with Crippen LogP contribution in [0.5, 0.6) is 11.5 Å². The molecular formula is C20H33BrIN3O3. The number of guanidine groups is 1. The first-order chi connectivity index (χ1) is 13.1.